The van der Waals surface area contributed by atoms with Gasteiger partial charge in [0.05, 0.1) is 40.5 Å². The minimum absolute atomic E-state index is 0.0103. The second kappa shape index (κ2) is 7.92. The number of halogens is 2. The fourth-order valence-corrected chi connectivity index (χ4v) is 3.36. The number of pyridine rings is 1. The number of nitrogen functional groups attached to an aromatic ring is 1. The normalized spacial score (nSPS) is 17.3. The maximum absolute atomic E-state index is 13.1. The van der Waals surface area contributed by atoms with Crippen LogP contribution in [0.15, 0.2) is 36.5 Å². The summed E-state index contributed by atoms with van der Waals surface area (Å²) < 4.78 is 24.2. The second-order valence-electron chi connectivity index (χ2n) is 7.02. The van der Waals surface area contributed by atoms with E-state index in [1.807, 2.05) is 0 Å². The lowest BCUT2D eigenvalue weighted by Crippen LogP contribution is -2.27. The predicted molar refractivity (Wildman–Crippen MR) is 114 cm³/mol. The Morgan fingerprint density at radius 1 is 1.19 bits per heavy atom. The van der Waals surface area contributed by atoms with E-state index in [1.54, 1.807) is 12.1 Å². The number of ether oxygens (including phenoxy) is 2. The Hall–Kier alpha value is -3.59. The molecule has 3 aromatic rings. The monoisotopic (exact) mass is 444 g/mol. The maximum Gasteiger partial charge on any atom is 0.253 e. The third-order valence-electron chi connectivity index (χ3n) is 4.92. The van der Waals surface area contributed by atoms with E-state index in [4.69, 9.17) is 32.5 Å². The Labute approximate surface area is 181 Å². The van der Waals surface area contributed by atoms with E-state index >= 15 is 0 Å². The molecular formula is C21H18ClFN4O4. The number of anilines is 1. The van der Waals surface area contributed by atoms with E-state index in [9.17, 15) is 14.0 Å². The summed E-state index contributed by atoms with van der Waals surface area (Å²) in [7, 11) is 1.42. The van der Waals surface area contributed by atoms with Gasteiger partial charge < -0.3 is 26.3 Å². The van der Waals surface area contributed by atoms with Crippen molar-refractivity contribution in [3.05, 3.63) is 52.7 Å². The summed E-state index contributed by atoms with van der Waals surface area (Å²) in [4.78, 5) is 28.3. The first kappa shape index (κ1) is 20.7. The Morgan fingerprint density at radius 3 is 2.58 bits per heavy atom. The smallest absolute Gasteiger partial charge is 0.253 e. The number of aromatic nitrogens is 1. The van der Waals surface area contributed by atoms with Gasteiger partial charge in [-0.2, -0.15) is 0 Å². The molecule has 0 spiro atoms. The molecule has 0 radical (unpaired) electrons. The molecule has 2 unspecified atom stereocenters. The molecule has 0 bridgehead atoms. The van der Waals surface area contributed by atoms with Crippen molar-refractivity contribution in [1.82, 2.24) is 10.3 Å². The molecule has 4 rings (SSSR count). The van der Waals surface area contributed by atoms with Crippen molar-refractivity contribution in [2.75, 3.05) is 12.8 Å². The second-order valence-corrected chi connectivity index (χ2v) is 7.39. The van der Waals surface area contributed by atoms with E-state index in [-0.39, 0.29) is 39.8 Å². The number of hydrogen-bond donors (Lipinski definition) is 3. The first-order chi connectivity index (χ1) is 14.8. The summed E-state index contributed by atoms with van der Waals surface area (Å²) in [6, 6.07) is 7.10. The van der Waals surface area contributed by atoms with Crippen molar-refractivity contribution in [2.24, 2.45) is 5.73 Å². The Morgan fingerprint density at radius 2 is 1.94 bits per heavy atom. The highest BCUT2D eigenvalue weighted by Gasteiger charge is 2.39. The average molecular weight is 445 g/mol. The highest BCUT2D eigenvalue weighted by Crippen LogP contribution is 2.38. The molecular weight excluding hydrogens is 427 g/mol. The molecule has 5 N–H and O–H groups in total. The van der Waals surface area contributed by atoms with Crippen LogP contribution in [0.5, 0.6) is 17.2 Å². The highest BCUT2D eigenvalue weighted by molar-refractivity contribution is 6.36. The molecule has 2 atom stereocenters. The fourth-order valence-electron chi connectivity index (χ4n) is 3.12. The van der Waals surface area contributed by atoms with Crippen LogP contribution in [0, 0.1) is 0 Å². The van der Waals surface area contributed by atoms with Crippen LogP contribution in [-0.4, -0.2) is 36.1 Å². The molecule has 160 valence electrons. The molecule has 2 amide bonds. The summed E-state index contributed by atoms with van der Waals surface area (Å²) in [5, 5.41) is 3.04. The molecule has 10 heteroatoms. The lowest BCUT2D eigenvalue weighted by Gasteiger charge is -2.15. The van der Waals surface area contributed by atoms with E-state index in [0.717, 1.165) is 0 Å². The Kier molecular flexibility index (Phi) is 5.28. The van der Waals surface area contributed by atoms with Gasteiger partial charge in [-0.15, -0.1) is 0 Å². The minimum Gasteiger partial charge on any atom is -0.496 e. The molecule has 31 heavy (non-hydrogen) atoms. The summed E-state index contributed by atoms with van der Waals surface area (Å²) in [5.41, 5.74) is 12.4. The third-order valence-corrected chi connectivity index (χ3v) is 5.33. The van der Waals surface area contributed by atoms with Gasteiger partial charge in [-0.3, -0.25) is 14.6 Å². The third kappa shape index (κ3) is 3.91. The number of carbonyl (C=O) groups is 2. The van der Waals surface area contributed by atoms with E-state index in [0.29, 0.717) is 16.7 Å². The first-order valence-corrected chi connectivity index (χ1v) is 9.65. The molecule has 1 heterocycles. The van der Waals surface area contributed by atoms with Crippen LogP contribution in [0.4, 0.5) is 10.1 Å². The van der Waals surface area contributed by atoms with Crippen LogP contribution in [0.1, 0.15) is 27.1 Å². The summed E-state index contributed by atoms with van der Waals surface area (Å²) in [6.45, 7) is 0. The van der Waals surface area contributed by atoms with Gasteiger partial charge in [0.2, 0.25) is 0 Å². The lowest BCUT2D eigenvalue weighted by atomic mass is 10.1. The average Bonchev–Trinajstić information content (AvgIpc) is 3.44. The number of alkyl halides is 1. The molecule has 1 aromatic heterocycles. The van der Waals surface area contributed by atoms with Gasteiger partial charge in [0.1, 0.15) is 17.7 Å². The van der Waals surface area contributed by atoms with Gasteiger partial charge in [0.15, 0.2) is 5.75 Å². The van der Waals surface area contributed by atoms with Crippen LogP contribution in [0.2, 0.25) is 5.02 Å². The van der Waals surface area contributed by atoms with Crippen molar-refractivity contribution in [2.45, 2.75) is 18.6 Å². The van der Waals surface area contributed by atoms with Gasteiger partial charge in [0.25, 0.3) is 11.8 Å². The summed E-state index contributed by atoms with van der Waals surface area (Å²) in [6.07, 6.45) is 0.767. The maximum atomic E-state index is 13.1. The van der Waals surface area contributed by atoms with Gasteiger partial charge in [0, 0.05) is 24.1 Å². The van der Waals surface area contributed by atoms with Crippen molar-refractivity contribution in [3.63, 3.8) is 0 Å². The number of nitrogens with zero attached hydrogens (tertiary/aromatic N) is 1. The van der Waals surface area contributed by atoms with Crippen LogP contribution in [0.25, 0.3) is 10.9 Å². The van der Waals surface area contributed by atoms with Gasteiger partial charge in [-0.1, -0.05) is 11.6 Å². The molecule has 8 nitrogen and oxygen atoms in total. The zero-order valence-corrected chi connectivity index (χ0v) is 17.1. The van der Waals surface area contributed by atoms with Crippen LogP contribution in [-0.2, 0) is 0 Å². The number of carbonyl (C=O) groups excluding carboxylic acids is 2. The van der Waals surface area contributed by atoms with Crippen molar-refractivity contribution < 1.29 is 23.5 Å². The number of nitrogens with one attached hydrogen (secondary N) is 1. The Bertz CT molecular complexity index is 1220. The number of fused-ring (bicyclic) bond motifs is 1. The molecule has 1 aliphatic carbocycles. The number of amides is 2. The number of hydrogen-bond acceptors (Lipinski definition) is 6. The highest BCUT2D eigenvalue weighted by atomic mass is 35.5. The molecule has 1 saturated carbocycles. The lowest BCUT2D eigenvalue weighted by molar-refractivity contribution is 0.0946. The summed E-state index contributed by atoms with van der Waals surface area (Å²) in [5.74, 6) is -0.360. The van der Waals surface area contributed by atoms with Gasteiger partial charge in [-0.25, -0.2) is 4.39 Å². The van der Waals surface area contributed by atoms with Crippen molar-refractivity contribution >= 4 is 40.0 Å². The number of methoxy groups -OCH3 is 1. The topological polar surface area (TPSA) is 130 Å². The predicted octanol–water partition coefficient (Wildman–Crippen LogP) is 3.21. The van der Waals surface area contributed by atoms with E-state index in [1.165, 1.54) is 31.5 Å². The fraction of sp³-hybridized carbons (Fsp3) is 0.190. The van der Waals surface area contributed by atoms with E-state index in [2.05, 4.69) is 10.3 Å². The number of primary amides is 1. The Balaban J connectivity index is 1.69. The van der Waals surface area contributed by atoms with Crippen LogP contribution < -0.4 is 26.3 Å². The van der Waals surface area contributed by atoms with Gasteiger partial charge >= 0.3 is 0 Å². The quantitative estimate of drug-likeness (QED) is 0.500. The molecule has 0 aliphatic heterocycles. The van der Waals surface area contributed by atoms with Gasteiger partial charge in [-0.05, 0) is 24.3 Å². The van der Waals surface area contributed by atoms with Crippen molar-refractivity contribution in [3.8, 4) is 17.2 Å². The SMILES string of the molecule is COc1cc2nccc(Oc3ccc(C(=O)NC4CC4F)c(Cl)c3N)c2cc1C(N)=O. The van der Waals surface area contributed by atoms with Crippen LogP contribution >= 0.6 is 11.6 Å². The van der Waals surface area contributed by atoms with E-state index < -0.39 is 24.0 Å². The molecule has 1 aliphatic rings. The summed E-state index contributed by atoms with van der Waals surface area (Å²) >= 11 is 6.27. The minimum atomic E-state index is -1.04. The zero-order chi connectivity index (χ0) is 22.3. The largest absolute Gasteiger partial charge is 0.496 e. The zero-order valence-electron chi connectivity index (χ0n) is 16.3. The first-order valence-electron chi connectivity index (χ1n) is 9.27. The molecule has 2 aromatic carbocycles. The van der Waals surface area contributed by atoms with Crippen molar-refractivity contribution in [1.29, 1.82) is 0 Å². The standard InChI is InChI=1S/C21H18ClFN4O4/c1-30-17-8-13-10(6-11(17)20(25)28)15(4-5-26-13)31-16-3-2-9(18(22)19(16)24)21(29)27-14-7-12(14)23/h2-6,8,12,14H,7,24H2,1H3,(H2,25,28)(H,27,29). The number of nitrogens with two attached hydrogens (primary N) is 2. The molecule has 1 fully saturated rings. The number of benzene rings is 2. The molecule has 0 saturated heterocycles. The number of rotatable bonds is 6. The van der Waals surface area contributed by atoms with Crippen LogP contribution in [0.3, 0.4) is 0 Å².